The van der Waals surface area contributed by atoms with Crippen molar-refractivity contribution in [1.29, 1.82) is 0 Å². The normalized spacial score (nSPS) is 33.2. The van der Waals surface area contributed by atoms with Crippen LogP contribution in [0.3, 0.4) is 0 Å². The highest BCUT2D eigenvalue weighted by atomic mass is 16.5. The van der Waals surface area contributed by atoms with Crippen LogP contribution in [0.1, 0.15) is 53.9 Å². The molecule has 3 unspecified atom stereocenters. The molecule has 2 aliphatic heterocycles. The zero-order chi connectivity index (χ0) is 15.8. The molecular weight excluding hydrogens is 268 g/mol. The van der Waals surface area contributed by atoms with Gasteiger partial charge in [0, 0.05) is 12.6 Å². The third-order valence-electron chi connectivity index (χ3n) is 4.44. The minimum atomic E-state index is -0.389. The number of carbonyl (C=O) groups excluding carboxylic acids is 2. The summed E-state index contributed by atoms with van der Waals surface area (Å²) in [6, 6.07) is -0.670. The molecule has 0 bridgehead atoms. The highest BCUT2D eigenvalue weighted by Crippen LogP contribution is 2.30. The van der Waals surface area contributed by atoms with Gasteiger partial charge in [0.1, 0.15) is 12.1 Å². The van der Waals surface area contributed by atoms with Crippen LogP contribution in [-0.4, -0.2) is 47.0 Å². The molecule has 2 heterocycles. The quantitative estimate of drug-likeness (QED) is 0.862. The monoisotopic (exact) mass is 296 g/mol. The first-order valence-corrected chi connectivity index (χ1v) is 7.98. The predicted octanol–water partition coefficient (Wildman–Crippen LogP) is 1.71. The van der Waals surface area contributed by atoms with E-state index in [-0.39, 0.29) is 35.5 Å². The molecule has 5 heteroatoms. The van der Waals surface area contributed by atoms with E-state index in [1.165, 1.54) is 0 Å². The van der Waals surface area contributed by atoms with E-state index < -0.39 is 0 Å². The summed E-state index contributed by atoms with van der Waals surface area (Å²) in [5, 5.41) is 2.88. The third kappa shape index (κ3) is 3.57. The summed E-state index contributed by atoms with van der Waals surface area (Å²) in [5.41, 5.74) is -0.232. The van der Waals surface area contributed by atoms with Crippen LogP contribution in [0.2, 0.25) is 0 Å². The Morgan fingerprint density at radius 2 is 2.05 bits per heavy atom. The number of ether oxygens (including phenoxy) is 1. The first kappa shape index (κ1) is 16.3. The van der Waals surface area contributed by atoms with Gasteiger partial charge in [-0.1, -0.05) is 13.8 Å². The Bertz CT molecular complexity index is 420. The van der Waals surface area contributed by atoms with Gasteiger partial charge in [0.15, 0.2) is 0 Å². The van der Waals surface area contributed by atoms with Crippen molar-refractivity contribution in [3.63, 3.8) is 0 Å². The maximum atomic E-state index is 12.8. The Hall–Kier alpha value is -1.10. The first-order valence-electron chi connectivity index (χ1n) is 7.98. The fourth-order valence-electron chi connectivity index (χ4n) is 3.42. The predicted molar refractivity (Wildman–Crippen MR) is 80.7 cm³/mol. The Morgan fingerprint density at radius 3 is 2.62 bits per heavy atom. The summed E-state index contributed by atoms with van der Waals surface area (Å²) in [5.74, 6) is 0.406. The van der Waals surface area contributed by atoms with Gasteiger partial charge >= 0.3 is 0 Å². The van der Waals surface area contributed by atoms with E-state index in [0.29, 0.717) is 18.9 Å². The Labute approximate surface area is 127 Å². The standard InChI is InChI=1S/C16H28N2O3/c1-10(2)8-13-15(20)18(11(3)14(19)17-13)12-6-7-21-16(4,5)9-12/h10-13H,6-9H2,1-5H3,(H,17,19). The number of rotatable bonds is 3. The van der Waals surface area contributed by atoms with E-state index in [9.17, 15) is 9.59 Å². The molecule has 5 nitrogen and oxygen atoms in total. The van der Waals surface area contributed by atoms with Gasteiger partial charge in [-0.25, -0.2) is 0 Å². The van der Waals surface area contributed by atoms with Gasteiger partial charge in [-0.15, -0.1) is 0 Å². The number of nitrogens with zero attached hydrogens (tertiary/aromatic N) is 1. The van der Waals surface area contributed by atoms with Gasteiger partial charge < -0.3 is 15.0 Å². The van der Waals surface area contributed by atoms with Crippen molar-refractivity contribution in [2.45, 2.75) is 77.6 Å². The number of nitrogens with one attached hydrogen (secondary N) is 1. The van der Waals surface area contributed by atoms with Crippen LogP contribution in [0.15, 0.2) is 0 Å². The van der Waals surface area contributed by atoms with Crippen molar-refractivity contribution < 1.29 is 14.3 Å². The molecule has 21 heavy (non-hydrogen) atoms. The van der Waals surface area contributed by atoms with Crippen molar-refractivity contribution in [1.82, 2.24) is 10.2 Å². The Balaban J connectivity index is 2.18. The lowest BCUT2D eigenvalue weighted by Crippen LogP contribution is -2.66. The minimum Gasteiger partial charge on any atom is -0.375 e. The average molecular weight is 296 g/mol. The fraction of sp³-hybridized carbons (Fsp3) is 0.875. The van der Waals surface area contributed by atoms with Gasteiger partial charge in [-0.3, -0.25) is 9.59 Å². The minimum absolute atomic E-state index is 0.0375. The van der Waals surface area contributed by atoms with Crippen LogP contribution in [0, 0.1) is 5.92 Å². The summed E-state index contributed by atoms with van der Waals surface area (Å²) >= 11 is 0. The molecule has 1 N–H and O–H groups in total. The van der Waals surface area contributed by atoms with Gasteiger partial charge in [-0.05, 0) is 46.0 Å². The number of hydrogen-bond acceptors (Lipinski definition) is 3. The maximum absolute atomic E-state index is 12.8. The molecule has 3 atom stereocenters. The summed E-state index contributed by atoms with van der Waals surface area (Å²) in [6.45, 7) is 10.7. The average Bonchev–Trinajstić information content (AvgIpc) is 2.34. The molecule has 2 saturated heterocycles. The molecule has 2 amide bonds. The molecule has 0 saturated carbocycles. The first-order chi connectivity index (χ1) is 9.71. The van der Waals surface area contributed by atoms with E-state index in [1.54, 1.807) is 0 Å². The number of amides is 2. The summed E-state index contributed by atoms with van der Waals surface area (Å²) < 4.78 is 5.74. The van der Waals surface area contributed by atoms with Crippen molar-refractivity contribution >= 4 is 11.8 Å². The maximum Gasteiger partial charge on any atom is 0.246 e. The summed E-state index contributed by atoms with van der Waals surface area (Å²) in [6.07, 6.45) is 2.28. The molecule has 0 spiro atoms. The van der Waals surface area contributed by atoms with E-state index >= 15 is 0 Å². The molecule has 0 aromatic heterocycles. The number of carbonyl (C=O) groups is 2. The highest BCUT2D eigenvalue weighted by molar-refractivity contribution is 5.96. The SMILES string of the molecule is CC(C)CC1NC(=O)C(C)N(C2CCOC(C)(C)C2)C1=O. The zero-order valence-electron chi connectivity index (χ0n) is 13.8. The lowest BCUT2D eigenvalue weighted by molar-refractivity contribution is -0.158. The molecule has 2 rings (SSSR count). The molecule has 0 aliphatic carbocycles. The van der Waals surface area contributed by atoms with Crippen molar-refractivity contribution in [3.8, 4) is 0 Å². The molecule has 0 aromatic rings. The van der Waals surface area contributed by atoms with Crippen LogP contribution in [0.25, 0.3) is 0 Å². The van der Waals surface area contributed by atoms with Crippen LogP contribution in [-0.2, 0) is 14.3 Å². The topological polar surface area (TPSA) is 58.6 Å². The van der Waals surface area contributed by atoms with Crippen LogP contribution >= 0.6 is 0 Å². The molecule has 0 radical (unpaired) electrons. The van der Waals surface area contributed by atoms with Crippen LogP contribution < -0.4 is 5.32 Å². The lowest BCUT2D eigenvalue weighted by Gasteiger charge is -2.46. The smallest absolute Gasteiger partial charge is 0.246 e. The summed E-state index contributed by atoms with van der Waals surface area (Å²) in [7, 11) is 0. The zero-order valence-corrected chi connectivity index (χ0v) is 13.8. The number of hydrogen-bond donors (Lipinski definition) is 1. The molecule has 120 valence electrons. The van der Waals surface area contributed by atoms with E-state index in [0.717, 1.165) is 12.8 Å². The fourth-order valence-corrected chi connectivity index (χ4v) is 3.42. The van der Waals surface area contributed by atoms with Gasteiger partial charge in [0.25, 0.3) is 0 Å². The van der Waals surface area contributed by atoms with Crippen molar-refractivity contribution in [2.24, 2.45) is 5.92 Å². The van der Waals surface area contributed by atoms with Gasteiger partial charge in [0.2, 0.25) is 11.8 Å². The van der Waals surface area contributed by atoms with Crippen LogP contribution in [0.5, 0.6) is 0 Å². The van der Waals surface area contributed by atoms with Crippen LogP contribution in [0.4, 0.5) is 0 Å². The van der Waals surface area contributed by atoms with Crippen molar-refractivity contribution in [2.75, 3.05) is 6.61 Å². The highest BCUT2D eigenvalue weighted by Gasteiger charge is 2.44. The number of piperazine rings is 1. The third-order valence-corrected chi connectivity index (χ3v) is 4.44. The molecule has 2 aliphatic rings. The van der Waals surface area contributed by atoms with Gasteiger partial charge in [-0.2, -0.15) is 0 Å². The Morgan fingerprint density at radius 1 is 1.38 bits per heavy atom. The molecular formula is C16H28N2O3. The molecule has 2 fully saturated rings. The second-order valence-corrected chi connectivity index (χ2v) is 7.37. The van der Waals surface area contributed by atoms with E-state index in [4.69, 9.17) is 4.74 Å². The largest absolute Gasteiger partial charge is 0.375 e. The Kier molecular flexibility index (Phi) is 4.61. The summed E-state index contributed by atoms with van der Waals surface area (Å²) in [4.78, 5) is 26.8. The lowest BCUT2D eigenvalue weighted by atomic mass is 9.89. The second kappa shape index (κ2) is 5.95. The van der Waals surface area contributed by atoms with E-state index in [2.05, 4.69) is 19.2 Å². The second-order valence-electron chi connectivity index (χ2n) is 7.37. The van der Waals surface area contributed by atoms with Gasteiger partial charge in [0.05, 0.1) is 5.60 Å². The van der Waals surface area contributed by atoms with E-state index in [1.807, 2.05) is 25.7 Å². The van der Waals surface area contributed by atoms with Crippen molar-refractivity contribution in [3.05, 3.63) is 0 Å². The molecule has 0 aromatic carbocycles.